The van der Waals surface area contributed by atoms with Gasteiger partial charge in [0.05, 0.1) is 0 Å². The molecular formula is C13H27N. The van der Waals surface area contributed by atoms with E-state index in [1.165, 1.54) is 25.9 Å². The summed E-state index contributed by atoms with van der Waals surface area (Å²) in [6.45, 7) is 16.8. The van der Waals surface area contributed by atoms with Gasteiger partial charge >= 0.3 is 0 Å². The van der Waals surface area contributed by atoms with Crippen molar-refractivity contribution < 1.29 is 0 Å². The van der Waals surface area contributed by atoms with Gasteiger partial charge in [-0.25, -0.2) is 0 Å². The molecule has 84 valence electrons. The van der Waals surface area contributed by atoms with Crippen molar-refractivity contribution in [1.82, 2.24) is 4.90 Å². The fourth-order valence-corrected chi connectivity index (χ4v) is 2.17. The van der Waals surface area contributed by atoms with E-state index >= 15 is 0 Å². The van der Waals surface area contributed by atoms with Crippen molar-refractivity contribution in [2.75, 3.05) is 13.1 Å². The molecule has 1 atom stereocenters. The van der Waals surface area contributed by atoms with E-state index in [2.05, 4.69) is 46.4 Å². The van der Waals surface area contributed by atoms with Crippen LogP contribution in [0.5, 0.6) is 0 Å². The molecule has 0 aromatic carbocycles. The number of hydrogen-bond acceptors (Lipinski definition) is 1. The lowest BCUT2D eigenvalue weighted by Crippen LogP contribution is -2.55. The Morgan fingerprint density at radius 3 is 2.07 bits per heavy atom. The third-order valence-electron chi connectivity index (χ3n) is 4.28. The topological polar surface area (TPSA) is 3.24 Å². The second kappa shape index (κ2) is 3.84. The van der Waals surface area contributed by atoms with Crippen molar-refractivity contribution in [1.29, 1.82) is 0 Å². The second-order valence-electron chi connectivity index (χ2n) is 6.50. The van der Waals surface area contributed by atoms with Crippen LogP contribution in [0.15, 0.2) is 0 Å². The molecule has 0 aromatic heterocycles. The van der Waals surface area contributed by atoms with Crippen molar-refractivity contribution >= 4 is 0 Å². The molecule has 0 spiro atoms. The molecule has 14 heavy (non-hydrogen) atoms. The first-order chi connectivity index (χ1) is 6.25. The van der Waals surface area contributed by atoms with E-state index in [1.54, 1.807) is 0 Å². The highest BCUT2D eigenvalue weighted by atomic mass is 15.2. The van der Waals surface area contributed by atoms with Crippen LogP contribution in [0.3, 0.4) is 0 Å². The van der Waals surface area contributed by atoms with Crippen LogP contribution in [0, 0.1) is 11.3 Å². The predicted octanol–water partition coefficient (Wildman–Crippen LogP) is 3.54. The Morgan fingerprint density at radius 1 is 1.07 bits per heavy atom. The molecule has 0 aliphatic carbocycles. The zero-order valence-electron chi connectivity index (χ0n) is 10.9. The first kappa shape index (κ1) is 12.0. The lowest BCUT2D eigenvalue weighted by Gasteiger charge is -2.50. The van der Waals surface area contributed by atoms with Gasteiger partial charge < -0.3 is 0 Å². The van der Waals surface area contributed by atoms with Crippen molar-refractivity contribution in [3.63, 3.8) is 0 Å². The molecule has 0 aromatic rings. The molecule has 1 aliphatic heterocycles. The highest BCUT2D eigenvalue weighted by molar-refractivity contribution is 4.94. The maximum Gasteiger partial charge on any atom is 0.0201 e. The SMILES string of the molecule is CC1CCCN(C(C)(C)C(C)(C)C)C1. The third-order valence-corrected chi connectivity index (χ3v) is 4.28. The lowest BCUT2D eigenvalue weighted by molar-refractivity contribution is -0.00527. The fraction of sp³-hybridized carbons (Fsp3) is 1.00. The molecule has 1 aliphatic rings. The minimum Gasteiger partial charge on any atom is -0.297 e. The summed E-state index contributed by atoms with van der Waals surface area (Å²) in [6, 6.07) is 0. The van der Waals surface area contributed by atoms with Crippen molar-refractivity contribution in [2.45, 2.75) is 59.9 Å². The van der Waals surface area contributed by atoms with Gasteiger partial charge in [-0.15, -0.1) is 0 Å². The summed E-state index contributed by atoms with van der Waals surface area (Å²) in [7, 11) is 0. The van der Waals surface area contributed by atoms with Gasteiger partial charge in [0.25, 0.3) is 0 Å². The van der Waals surface area contributed by atoms with Crippen LogP contribution in [0.25, 0.3) is 0 Å². The van der Waals surface area contributed by atoms with Crippen LogP contribution in [0.1, 0.15) is 54.4 Å². The lowest BCUT2D eigenvalue weighted by atomic mass is 9.74. The Morgan fingerprint density at radius 2 is 1.64 bits per heavy atom. The molecule has 0 radical (unpaired) electrons. The highest BCUT2D eigenvalue weighted by Crippen LogP contribution is 2.37. The summed E-state index contributed by atoms with van der Waals surface area (Å²) in [5.41, 5.74) is 0.686. The zero-order chi connectivity index (χ0) is 11.0. The van der Waals surface area contributed by atoms with Crippen LogP contribution >= 0.6 is 0 Å². The first-order valence-corrected chi connectivity index (χ1v) is 6.00. The van der Waals surface area contributed by atoms with E-state index in [-0.39, 0.29) is 0 Å². The van der Waals surface area contributed by atoms with Crippen LogP contribution in [0.4, 0.5) is 0 Å². The number of rotatable bonds is 1. The summed E-state index contributed by atoms with van der Waals surface area (Å²) in [5, 5.41) is 0. The fourth-order valence-electron chi connectivity index (χ4n) is 2.17. The van der Waals surface area contributed by atoms with E-state index in [9.17, 15) is 0 Å². The molecule has 0 saturated carbocycles. The average molecular weight is 197 g/mol. The molecule has 1 nitrogen and oxygen atoms in total. The van der Waals surface area contributed by atoms with Gasteiger partial charge in [-0.2, -0.15) is 0 Å². The van der Waals surface area contributed by atoms with Crippen LogP contribution < -0.4 is 0 Å². The minimum absolute atomic E-state index is 0.321. The molecule has 1 fully saturated rings. The van der Waals surface area contributed by atoms with Crippen LogP contribution in [-0.2, 0) is 0 Å². The largest absolute Gasteiger partial charge is 0.297 e. The molecular weight excluding hydrogens is 170 g/mol. The molecule has 1 heterocycles. The second-order valence-corrected chi connectivity index (χ2v) is 6.50. The third kappa shape index (κ3) is 2.31. The van der Waals surface area contributed by atoms with Gasteiger partial charge in [0.1, 0.15) is 0 Å². The molecule has 1 heteroatoms. The normalized spacial score (nSPS) is 26.6. The Bertz CT molecular complexity index is 188. The van der Waals surface area contributed by atoms with E-state index in [4.69, 9.17) is 0 Å². The van der Waals surface area contributed by atoms with Crippen LogP contribution in [0.2, 0.25) is 0 Å². The molecule has 0 N–H and O–H groups in total. The number of hydrogen-bond donors (Lipinski definition) is 0. The van der Waals surface area contributed by atoms with Gasteiger partial charge in [-0.3, -0.25) is 4.90 Å². The van der Waals surface area contributed by atoms with Crippen molar-refractivity contribution in [2.24, 2.45) is 11.3 Å². The zero-order valence-corrected chi connectivity index (χ0v) is 10.9. The van der Waals surface area contributed by atoms with Crippen molar-refractivity contribution in [3.05, 3.63) is 0 Å². The smallest absolute Gasteiger partial charge is 0.0201 e. The summed E-state index contributed by atoms with van der Waals surface area (Å²) >= 11 is 0. The monoisotopic (exact) mass is 197 g/mol. The van der Waals surface area contributed by atoms with Crippen molar-refractivity contribution in [3.8, 4) is 0 Å². The van der Waals surface area contributed by atoms with Gasteiger partial charge in [0.2, 0.25) is 0 Å². The Labute approximate surface area is 89.9 Å². The summed E-state index contributed by atoms with van der Waals surface area (Å²) in [4.78, 5) is 2.68. The summed E-state index contributed by atoms with van der Waals surface area (Å²) < 4.78 is 0. The summed E-state index contributed by atoms with van der Waals surface area (Å²) in [5.74, 6) is 0.880. The highest BCUT2D eigenvalue weighted by Gasteiger charge is 2.39. The number of nitrogens with zero attached hydrogens (tertiary/aromatic N) is 1. The van der Waals surface area contributed by atoms with Gasteiger partial charge in [0, 0.05) is 12.1 Å². The van der Waals surface area contributed by atoms with Crippen LogP contribution in [-0.4, -0.2) is 23.5 Å². The predicted molar refractivity (Wildman–Crippen MR) is 63.5 cm³/mol. The molecule has 1 rings (SSSR count). The van der Waals surface area contributed by atoms with E-state index < -0.39 is 0 Å². The number of likely N-dealkylation sites (tertiary alicyclic amines) is 1. The van der Waals surface area contributed by atoms with E-state index in [0.717, 1.165) is 5.92 Å². The van der Waals surface area contributed by atoms with E-state index in [0.29, 0.717) is 11.0 Å². The quantitative estimate of drug-likeness (QED) is 0.621. The maximum atomic E-state index is 2.68. The summed E-state index contributed by atoms with van der Waals surface area (Å²) in [6.07, 6.45) is 2.79. The van der Waals surface area contributed by atoms with E-state index in [1.807, 2.05) is 0 Å². The number of piperidine rings is 1. The molecule has 1 unspecified atom stereocenters. The van der Waals surface area contributed by atoms with Gasteiger partial charge in [0.15, 0.2) is 0 Å². The van der Waals surface area contributed by atoms with Gasteiger partial charge in [-0.05, 0) is 44.6 Å². The Hall–Kier alpha value is -0.0400. The average Bonchev–Trinajstić information content (AvgIpc) is 2.02. The first-order valence-electron chi connectivity index (χ1n) is 6.00. The molecule has 0 bridgehead atoms. The maximum absolute atomic E-state index is 2.68. The molecule has 1 saturated heterocycles. The standard InChI is InChI=1S/C13H27N/c1-11-8-7-9-14(10-11)13(5,6)12(2,3)4/h11H,7-10H2,1-6H3. The minimum atomic E-state index is 0.321. The Kier molecular flexibility index (Phi) is 3.30. The Balaban J connectivity index is 2.71. The van der Waals surface area contributed by atoms with Gasteiger partial charge in [-0.1, -0.05) is 27.7 Å². The molecule has 0 amide bonds.